The Morgan fingerprint density at radius 3 is 1.53 bits per heavy atom. The molecule has 4 rings (SSSR count). The standard InChI is InChI=1S/C27H33N2P/c1-5-28(6-2)23-16-14-21-18-22-15-17-24(29(7-3)8-4)20-27(22)30(26(21)19-23)25-12-10-9-11-13-25/h9-17,19-20H,5-8,18H2,1-4H3. The molecule has 3 aromatic rings. The second kappa shape index (κ2) is 9.23. The lowest BCUT2D eigenvalue weighted by atomic mass is 10.0. The molecule has 0 atom stereocenters. The van der Waals surface area contributed by atoms with Crippen LogP contribution in [0.1, 0.15) is 38.8 Å². The summed E-state index contributed by atoms with van der Waals surface area (Å²) in [5, 5.41) is 4.51. The van der Waals surface area contributed by atoms with Gasteiger partial charge in [0, 0.05) is 37.6 Å². The summed E-state index contributed by atoms with van der Waals surface area (Å²) >= 11 is 0. The molecule has 3 aromatic carbocycles. The Balaban J connectivity index is 1.89. The van der Waals surface area contributed by atoms with Gasteiger partial charge in [0.1, 0.15) is 0 Å². The van der Waals surface area contributed by atoms with Gasteiger partial charge >= 0.3 is 0 Å². The highest BCUT2D eigenvalue weighted by molar-refractivity contribution is 7.80. The Hall–Kier alpha value is -2.31. The molecule has 0 unspecified atom stereocenters. The van der Waals surface area contributed by atoms with E-state index in [9.17, 15) is 0 Å². The van der Waals surface area contributed by atoms with Crippen LogP contribution < -0.4 is 25.7 Å². The van der Waals surface area contributed by atoms with Crippen molar-refractivity contribution in [3.63, 3.8) is 0 Å². The summed E-state index contributed by atoms with van der Waals surface area (Å²) in [7, 11) is -0.554. The third kappa shape index (κ3) is 3.86. The fraction of sp³-hybridized carbons (Fsp3) is 0.333. The van der Waals surface area contributed by atoms with Gasteiger partial charge in [-0.3, -0.25) is 0 Å². The summed E-state index contributed by atoms with van der Waals surface area (Å²) in [5.41, 5.74) is 5.68. The normalized spacial score (nSPS) is 12.9. The predicted octanol–water partition coefficient (Wildman–Crippen LogP) is 5.04. The van der Waals surface area contributed by atoms with Crippen LogP contribution in [0.2, 0.25) is 0 Å². The molecule has 0 aliphatic carbocycles. The van der Waals surface area contributed by atoms with Gasteiger partial charge < -0.3 is 9.80 Å². The molecule has 30 heavy (non-hydrogen) atoms. The zero-order chi connectivity index (χ0) is 21.1. The highest BCUT2D eigenvalue weighted by Crippen LogP contribution is 2.41. The van der Waals surface area contributed by atoms with Crippen LogP contribution in [0.5, 0.6) is 0 Å². The van der Waals surface area contributed by atoms with Gasteiger partial charge in [0.05, 0.1) is 0 Å². The van der Waals surface area contributed by atoms with E-state index in [1.54, 1.807) is 0 Å². The van der Waals surface area contributed by atoms with Crippen LogP contribution in [0, 0.1) is 0 Å². The monoisotopic (exact) mass is 416 g/mol. The Labute approximate surface area is 183 Å². The van der Waals surface area contributed by atoms with Crippen LogP contribution in [0.15, 0.2) is 66.7 Å². The molecule has 0 saturated heterocycles. The first-order valence-electron chi connectivity index (χ1n) is 11.3. The van der Waals surface area contributed by atoms with E-state index >= 15 is 0 Å². The Kier molecular flexibility index (Phi) is 6.44. The molecule has 3 heteroatoms. The Bertz CT molecular complexity index is 929. The number of nitrogens with zero attached hydrogens (tertiary/aromatic N) is 2. The second-order valence-electron chi connectivity index (χ2n) is 7.82. The first-order chi connectivity index (χ1) is 14.7. The molecular formula is C27H33N2P. The maximum absolute atomic E-state index is 2.48. The number of rotatable bonds is 7. The van der Waals surface area contributed by atoms with Crippen LogP contribution in [0.4, 0.5) is 11.4 Å². The van der Waals surface area contributed by atoms with Crippen LogP contribution in [0.25, 0.3) is 0 Å². The fourth-order valence-corrected chi connectivity index (χ4v) is 7.27. The molecular weight excluding hydrogens is 383 g/mol. The Morgan fingerprint density at radius 1 is 0.633 bits per heavy atom. The van der Waals surface area contributed by atoms with Crippen molar-refractivity contribution in [3.8, 4) is 0 Å². The molecule has 0 fully saturated rings. The average molecular weight is 417 g/mol. The third-order valence-corrected chi connectivity index (χ3v) is 8.88. The summed E-state index contributed by atoms with van der Waals surface area (Å²) in [6, 6.07) is 25.5. The van der Waals surface area contributed by atoms with E-state index < -0.39 is 7.92 Å². The quantitative estimate of drug-likeness (QED) is 0.390. The van der Waals surface area contributed by atoms with Crippen molar-refractivity contribution < 1.29 is 0 Å². The minimum absolute atomic E-state index is 0.554. The van der Waals surface area contributed by atoms with E-state index in [0.29, 0.717) is 0 Å². The van der Waals surface area contributed by atoms with Gasteiger partial charge in [-0.05, 0) is 93.3 Å². The molecule has 0 spiro atoms. The minimum Gasteiger partial charge on any atom is -0.372 e. The topological polar surface area (TPSA) is 6.48 Å². The van der Waals surface area contributed by atoms with Crippen molar-refractivity contribution >= 4 is 35.2 Å². The fourth-order valence-electron chi connectivity index (χ4n) is 4.58. The van der Waals surface area contributed by atoms with E-state index in [2.05, 4.69) is 104 Å². The van der Waals surface area contributed by atoms with Crippen molar-refractivity contribution in [1.29, 1.82) is 0 Å². The highest BCUT2D eigenvalue weighted by Gasteiger charge is 2.28. The van der Waals surface area contributed by atoms with Crippen LogP contribution in [-0.2, 0) is 6.42 Å². The summed E-state index contributed by atoms with van der Waals surface area (Å²) in [6.45, 7) is 13.2. The molecule has 0 amide bonds. The lowest BCUT2D eigenvalue weighted by Gasteiger charge is -2.33. The maximum atomic E-state index is 2.48. The van der Waals surface area contributed by atoms with E-state index in [-0.39, 0.29) is 0 Å². The number of hydrogen-bond acceptors (Lipinski definition) is 2. The molecule has 0 aromatic heterocycles. The van der Waals surface area contributed by atoms with Crippen molar-refractivity contribution in [2.24, 2.45) is 0 Å². The number of anilines is 2. The van der Waals surface area contributed by atoms with Gasteiger partial charge in [-0.25, -0.2) is 0 Å². The van der Waals surface area contributed by atoms with Gasteiger partial charge in [0.15, 0.2) is 0 Å². The van der Waals surface area contributed by atoms with Gasteiger partial charge in [0.2, 0.25) is 0 Å². The lowest BCUT2D eigenvalue weighted by molar-refractivity contribution is 0.865. The van der Waals surface area contributed by atoms with Crippen LogP contribution in [0.3, 0.4) is 0 Å². The number of hydrogen-bond donors (Lipinski definition) is 0. The van der Waals surface area contributed by atoms with E-state index in [1.807, 2.05) is 0 Å². The van der Waals surface area contributed by atoms with Crippen molar-refractivity contribution in [2.45, 2.75) is 34.1 Å². The molecule has 0 saturated carbocycles. The molecule has 2 nitrogen and oxygen atoms in total. The maximum Gasteiger partial charge on any atom is 0.0372 e. The number of fused-ring (bicyclic) bond motifs is 2. The van der Waals surface area contributed by atoms with Gasteiger partial charge in [-0.1, -0.05) is 42.5 Å². The van der Waals surface area contributed by atoms with Crippen molar-refractivity contribution in [3.05, 3.63) is 77.9 Å². The molecule has 1 aliphatic rings. The largest absolute Gasteiger partial charge is 0.372 e. The average Bonchev–Trinajstić information content (AvgIpc) is 2.79. The molecule has 0 bridgehead atoms. The lowest BCUT2D eigenvalue weighted by Crippen LogP contribution is -2.33. The smallest absolute Gasteiger partial charge is 0.0372 e. The molecule has 0 N–H and O–H groups in total. The minimum atomic E-state index is -0.554. The summed E-state index contributed by atoms with van der Waals surface area (Å²) in [5.74, 6) is 0. The van der Waals surface area contributed by atoms with E-state index in [0.717, 1.165) is 32.6 Å². The van der Waals surface area contributed by atoms with Gasteiger partial charge in [-0.2, -0.15) is 0 Å². The first kappa shape index (κ1) is 20.9. The summed E-state index contributed by atoms with van der Waals surface area (Å²) in [4.78, 5) is 4.92. The first-order valence-corrected chi connectivity index (χ1v) is 12.6. The summed E-state index contributed by atoms with van der Waals surface area (Å²) < 4.78 is 0. The molecule has 156 valence electrons. The summed E-state index contributed by atoms with van der Waals surface area (Å²) in [6.07, 6.45) is 1.04. The molecule has 0 radical (unpaired) electrons. The van der Waals surface area contributed by atoms with Gasteiger partial charge in [-0.15, -0.1) is 0 Å². The van der Waals surface area contributed by atoms with Crippen molar-refractivity contribution in [1.82, 2.24) is 0 Å². The van der Waals surface area contributed by atoms with Crippen molar-refractivity contribution in [2.75, 3.05) is 36.0 Å². The zero-order valence-electron chi connectivity index (χ0n) is 18.7. The number of benzene rings is 3. The second-order valence-corrected chi connectivity index (χ2v) is 9.97. The predicted molar refractivity (Wildman–Crippen MR) is 135 cm³/mol. The van der Waals surface area contributed by atoms with Gasteiger partial charge in [0.25, 0.3) is 0 Å². The van der Waals surface area contributed by atoms with Crippen LogP contribution >= 0.6 is 7.92 Å². The molecule has 1 aliphatic heterocycles. The molecule has 1 heterocycles. The zero-order valence-corrected chi connectivity index (χ0v) is 19.6. The third-order valence-electron chi connectivity index (χ3n) is 6.27. The van der Waals surface area contributed by atoms with Crippen LogP contribution in [-0.4, -0.2) is 26.2 Å². The Morgan fingerprint density at radius 2 is 1.10 bits per heavy atom. The SMILES string of the molecule is CCN(CC)c1ccc2c(c1)P(c1ccccc1)c1cc(N(CC)CC)ccc1C2. The van der Waals surface area contributed by atoms with E-state index in [4.69, 9.17) is 0 Å². The van der Waals surface area contributed by atoms with E-state index in [1.165, 1.54) is 38.4 Å². The highest BCUT2D eigenvalue weighted by atomic mass is 31.1.